The van der Waals surface area contributed by atoms with Crippen LogP contribution in [0, 0.1) is 11.3 Å². The van der Waals surface area contributed by atoms with Gasteiger partial charge in [0.15, 0.2) is 11.5 Å². The number of fused-ring (bicyclic) bond motifs is 1. The van der Waals surface area contributed by atoms with E-state index in [0.29, 0.717) is 29.4 Å². The van der Waals surface area contributed by atoms with Crippen molar-refractivity contribution in [2.75, 3.05) is 7.11 Å². The predicted molar refractivity (Wildman–Crippen MR) is 104 cm³/mol. The summed E-state index contributed by atoms with van der Waals surface area (Å²) in [5.74, 6) is -0.253. The van der Waals surface area contributed by atoms with Gasteiger partial charge in [0.2, 0.25) is 0 Å². The standard InChI is InChI=1S/C20H16ClN3O4/c1-27-17-10-13(11-22)9-15(21)19(17)28-18(25)7-4-8-24-12-23-16-6-3-2-5-14(16)20(24)26/h2-3,5-6,9-10,12H,4,7-8H2,1H3. The lowest BCUT2D eigenvalue weighted by atomic mass is 10.2. The Morgan fingerprint density at radius 2 is 2.11 bits per heavy atom. The molecule has 3 aromatic rings. The molecule has 0 fully saturated rings. The minimum atomic E-state index is -0.522. The zero-order valence-corrected chi connectivity index (χ0v) is 15.8. The van der Waals surface area contributed by atoms with E-state index in [1.54, 1.807) is 18.2 Å². The van der Waals surface area contributed by atoms with Crippen LogP contribution < -0.4 is 15.0 Å². The number of aryl methyl sites for hydroxylation is 1. The number of hydrogen-bond acceptors (Lipinski definition) is 6. The molecule has 28 heavy (non-hydrogen) atoms. The third kappa shape index (κ3) is 4.13. The quantitative estimate of drug-likeness (QED) is 0.468. The number of aromatic nitrogens is 2. The van der Waals surface area contributed by atoms with Gasteiger partial charge in [-0.25, -0.2) is 4.98 Å². The molecule has 0 radical (unpaired) electrons. The summed E-state index contributed by atoms with van der Waals surface area (Å²) in [6.07, 6.45) is 1.92. The molecule has 0 bridgehead atoms. The Balaban J connectivity index is 1.65. The molecule has 0 aliphatic rings. The summed E-state index contributed by atoms with van der Waals surface area (Å²) in [7, 11) is 1.39. The Labute approximate surface area is 165 Å². The molecule has 0 unspecified atom stereocenters. The highest BCUT2D eigenvalue weighted by Crippen LogP contribution is 2.36. The van der Waals surface area contributed by atoms with E-state index >= 15 is 0 Å². The fourth-order valence-corrected chi connectivity index (χ4v) is 2.96. The van der Waals surface area contributed by atoms with Gasteiger partial charge in [0.05, 0.1) is 41.0 Å². The van der Waals surface area contributed by atoms with Gasteiger partial charge in [-0.05, 0) is 24.6 Å². The van der Waals surface area contributed by atoms with Crippen LogP contribution >= 0.6 is 11.6 Å². The third-order valence-corrected chi connectivity index (χ3v) is 4.37. The second-order valence-electron chi connectivity index (χ2n) is 5.94. The van der Waals surface area contributed by atoms with Gasteiger partial charge in [-0.15, -0.1) is 0 Å². The van der Waals surface area contributed by atoms with E-state index in [0.717, 1.165) is 0 Å². The molecule has 0 atom stereocenters. The average molecular weight is 398 g/mol. The van der Waals surface area contributed by atoms with Gasteiger partial charge < -0.3 is 9.47 Å². The van der Waals surface area contributed by atoms with Crippen LogP contribution in [0.25, 0.3) is 10.9 Å². The van der Waals surface area contributed by atoms with Crippen LogP contribution in [-0.4, -0.2) is 22.6 Å². The zero-order chi connectivity index (χ0) is 20.1. The summed E-state index contributed by atoms with van der Waals surface area (Å²) in [5.41, 5.74) is 0.770. The maximum atomic E-state index is 12.4. The van der Waals surface area contributed by atoms with Crippen LogP contribution in [0.4, 0.5) is 0 Å². The van der Waals surface area contributed by atoms with E-state index in [1.165, 1.54) is 30.1 Å². The molecule has 1 aromatic heterocycles. The van der Waals surface area contributed by atoms with Crippen molar-refractivity contribution in [3.8, 4) is 17.6 Å². The highest BCUT2D eigenvalue weighted by atomic mass is 35.5. The van der Waals surface area contributed by atoms with Crippen LogP contribution in [0.15, 0.2) is 47.5 Å². The molecule has 7 nitrogen and oxygen atoms in total. The number of hydrogen-bond donors (Lipinski definition) is 0. The number of methoxy groups -OCH3 is 1. The van der Waals surface area contributed by atoms with Gasteiger partial charge in [-0.3, -0.25) is 14.2 Å². The molecular weight excluding hydrogens is 382 g/mol. The fraction of sp³-hybridized carbons (Fsp3) is 0.200. The molecule has 0 saturated carbocycles. The van der Waals surface area contributed by atoms with Crippen molar-refractivity contribution in [2.24, 2.45) is 0 Å². The highest BCUT2D eigenvalue weighted by Gasteiger charge is 2.16. The summed E-state index contributed by atoms with van der Waals surface area (Å²) in [6.45, 7) is 0.323. The number of nitriles is 1. The number of carbonyl (C=O) groups excluding carboxylic acids is 1. The van der Waals surface area contributed by atoms with Crippen LogP contribution in [-0.2, 0) is 11.3 Å². The lowest BCUT2D eigenvalue weighted by Crippen LogP contribution is -2.21. The van der Waals surface area contributed by atoms with E-state index in [1.807, 2.05) is 12.1 Å². The number of benzene rings is 2. The van der Waals surface area contributed by atoms with Gasteiger partial charge in [-0.2, -0.15) is 5.26 Å². The van der Waals surface area contributed by atoms with Crippen molar-refractivity contribution >= 4 is 28.5 Å². The molecule has 0 spiro atoms. The molecule has 0 saturated heterocycles. The number of ether oxygens (including phenoxy) is 2. The molecule has 0 aliphatic heterocycles. The first-order chi connectivity index (χ1) is 13.5. The third-order valence-electron chi connectivity index (χ3n) is 4.09. The molecule has 0 amide bonds. The number of nitrogens with zero attached hydrogens (tertiary/aromatic N) is 3. The number of esters is 1. The first-order valence-corrected chi connectivity index (χ1v) is 8.83. The van der Waals surface area contributed by atoms with E-state index in [4.69, 9.17) is 26.3 Å². The Morgan fingerprint density at radius 3 is 2.86 bits per heavy atom. The fourth-order valence-electron chi connectivity index (χ4n) is 2.71. The van der Waals surface area contributed by atoms with Crippen LogP contribution in [0.1, 0.15) is 18.4 Å². The molecule has 3 rings (SSSR count). The van der Waals surface area contributed by atoms with Crippen molar-refractivity contribution in [1.82, 2.24) is 9.55 Å². The Hall–Kier alpha value is -3.37. The van der Waals surface area contributed by atoms with Crippen molar-refractivity contribution < 1.29 is 14.3 Å². The molecule has 2 aromatic carbocycles. The molecular formula is C20H16ClN3O4. The summed E-state index contributed by atoms with van der Waals surface area (Å²) >= 11 is 6.08. The first kappa shape index (κ1) is 19.4. The van der Waals surface area contributed by atoms with E-state index in [2.05, 4.69) is 4.98 Å². The predicted octanol–water partition coefficient (Wildman–Crippen LogP) is 3.32. The number of rotatable bonds is 6. The molecule has 1 heterocycles. The summed E-state index contributed by atoms with van der Waals surface area (Å²) in [5, 5.41) is 9.60. The molecule has 142 valence electrons. The topological polar surface area (TPSA) is 94.2 Å². The number of carbonyl (C=O) groups is 1. The van der Waals surface area contributed by atoms with Crippen LogP contribution in [0.2, 0.25) is 5.02 Å². The molecule has 0 N–H and O–H groups in total. The van der Waals surface area contributed by atoms with Crippen LogP contribution in [0.3, 0.4) is 0 Å². The number of para-hydroxylation sites is 1. The summed E-state index contributed by atoms with van der Waals surface area (Å²) < 4.78 is 11.9. The second-order valence-corrected chi connectivity index (χ2v) is 6.35. The highest BCUT2D eigenvalue weighted by molar-refractivity contribution is 6.32. The lowest BCUT2D eigenvalue weighted by molar-refractivity contribution is -0.134. The van der Waals surface area contributed by atoms with E-state index < -0.39 is 5.97 Å². The first-order valence-electron chi connectivity index (χ1n) is 8.46. The summed E-state index contributed by atoms with van der Waals surface area (Å²) in [6, 6.07) is 11.9. The van der Waals surface area contributed by atoms with Gasteiger partial charge in [0, 0.05) is 19.0 Å². The van der Waals surface area contributed by atoms with Crippen LogP contribution in [0.5, 0.6) is 11.5 Å². The molecule has 8 heteroatoms. The van der Waals surface area contributed by atoms with Crippen molar-refractivity contribution in [2.45, 2.75) is 19.4 Å². The summed E-state index contributed by atoms with van der Waals surface area (Å²) in [4.78, 5) is 28.8. The average Bonchev–Trinajstić information content (AvgIpc) is 2.71. The zero-order valence-electron chi connectivity index (χ0n) is 15.0. The van der Waals surface area contributed by atoms with E-state index in [-0.39, 0.29) is 28.5 Å². The maximum Gasteiger partial charge on any atom is 0.311 e. The minimum Gasteiger partial charge on any atom is -0.493 e. The SMILES string of the molecule is COc1cc(C#N)cc(Cl)c1OC(=O)CCCn1cnc2ccccc2c1=O. The van der Waals surface area contributed by atoms with Gasteiger partial charge in [-0.1, -0.05) is 23.7 Å². The van der Waals surface area contributed by atoms with E-state index in [9.17, 15) is 9.59 Å². The van der Waals surface area contributed by atoms with Gasteiger partial charge in [0.25, 0.3) is 5.56 Å². The monoisotopic (exact) mass is 397 g/mol. The van der Waals surface area contributed by atoms with Crippen molar-refractivity contribution in [3.63, 3.8) is 0 Å². The Kier molecular flexibility index (Phi) is 5.92. The molecule has 0 aliphatic carbocycles. The van der Waals surface area contributed by atoms with Gasteiger partial charge in [0.1, 0.15) is 0 Å². The van der Waals surface area contributed by atoms with Crippen molar-refractivity contribution in [3.05, 3.63) is 63.7 Å². The normalized spacial score (nSPS) is 10.5. The minimum absolute atomic E-state index is 0.0673. The lowest BCUT2D eigenvalue weighted by Gasteiger charge is -2.11. The van der Waals surface area contributed by atoms with Gasteiger partial charge >= 0.3 is 5.97 Å². The number of halogens is 1. The Morgan fingerprint density at radius 1 is 1.32 bits per heavy atom. The smallest absolute Gasteiger partial charge is 0.311 e. The Bertz CT molecular complexity index is 1130. The maximum absolute atomic E-state index is 12.4. The van der Waals surface area contributed by atoms with Crippen molar-refractivity contribution in [1.29, 1.82) is 5.26 Å². The second kappa shape index (κ2) is 8.55. The largest absolute Gasteiger partial charge is 0.493 e.